The molecule has 0 aromatic heterocycles. The van der Waals surface area contributed by atoms with Gasteiger partial charge in [-0.1, -0.05) is 30.3 Å². The summed E-state index contributed by atoms with van der Waals surface area (Å²) in [5.41, 5.74) is 0.818. The molecule has 3 unspecified atom stereocenters. The topological polar surface area (TPSA) is 49.8 Å². The van der Waals surface area contributed by atoms with Crippen molar-refractivity contribution < 1.29 is 14.6 Å². The second-order valence-electron chi connectivity index (χ2n) is 6.70. The zero-order valence-corrected chi connectivity index (χ0v) is 13.3. The van der Waals surface area contributed by atoms with Crippen LogP contribution in [0.3, 0.4) is 0 Å². The molecule has 4 nitrogen and oxygen atoms in total. The highest BCUT2D eigenvalue weighted by atomic mass is 16.5. The van der Waals surface area contributed by atoms with E-state index in [0.29, 0.717) is 18.1 Å². The van der Waals surface area contributed by atoms with Crippen molar-refractivity contribution >= 4 is 5.97 Å². The minimum Gasteiger partial charge on any atom is -0.460 e. The summed E-state index contributed by atoms with van der Waals surface area (Å²) in [6, 6.07) is 10.8. The molecule has 2 saturated heterocycles. The molecule has 0 spiro atoms. The molecule has 2 fully saturated rings. The van der Waals surface area contributed by atoms with Crippen molar-refractivity contribution in [1.82, 2.24) is 4.90 Å². The summed E-state index contributed by atoms with van der Waals surface area (Å²) in [4.78, 5) is 15.0. The van der Waals surface area contributed by atoms with Crippen LogP contribution in [-0.2, 0) is 9.53 Å². The number of nitrogens with zero attached hydrogens (tertiary/aromatic N) is 1. The molecule has 1 aromatic carbocycles. The van der Waals surface area contributed by atoms with E-state index in [1.165, 1.54) is 6.42 Å². The molecule has 1 aromatic rings. The lowest BCUT2D eigenvalue weighted by Gasteiger charge is -2.28. The maximum absolute atomic E-state index is 12.5. The van der Waals surface area contributed by atoms with Crippen molar-refractivity contribution in [1.29, 1.82) is 0 Å². The standard InChI is InChI=1S/C18H25NO3/c1-12(2)19-14-8-9-16(19)17(10-14)22-18(21)15(11-20)13-6-4-3-5-7-13/h3-7,12,14-17,20H,8-11H2,1-2H3/t14?,15?,16?,17-/m0/s1. The molecule has 0 saturated carbocycles. The first-order valence-corrected chi connectivity index (χ1v) is 8.25. The van der Waals surface area contributed by atoms with Gasteiger partial charge in [-0.2, -0.15) is 0 Å². The van der Waals surface area contributed by atoms with Gasteiger partial charge < -0.3 is 9.84 Å². The van der Waals surface area contributed by atoms with E-state index in [2.05, 4.69) is 18.7 Å². The van der Waals surface area contributed by atoms with Gasteiger partial charge in [-0.05, 0) is 32.3 Å². The predicted molar refractivity (Wildman–Crippen MR) is 84.6 cm³/mol. The van der Waals surface area contributed by atoms with Crippen LogP contribution in [0.25, 0.3) is 0 Å². The Labute approximate surface area is 132 Å². The molecule has 4 heteroatoms. The molecule has 2 aliphatic heterocycles. The third-order valence-electron chi connectivity index (χ3n) is 5.07. The smallest absolute Gasteiger partial charge is 0.316 e. The highest BCUT2D eigenvalue weighted by molar-refractivity contribution is 5.78. The van der Waals surface area contributed by atoms with Crippen molar-refractivity contribution in [3.63, 3.8) is 0 Å². The third kappa shape index (κ3) is 2.77. The van der Waals surface area contributed by atoms with Crippen LogP contribution >= 0.6 is 0 Å². The fraction of sp³-hybridized carbons (Fsp3) is 0.611. The SMILES string of the molecule is CC(C)N1C2CCC1[C@@H](OC(=O)C(CO)c1ccccc1)C2. The lowest BCUT2D eigenvalue weighted by atomic mass is 9.96. The third-order valence-corrected chi connectivity index (χ3v) is 5.07. The average Bonchev–Trinajstić information content (AvgIpc) is 3.06. The number of hydrogen-bond acceptors (Lipinski definition) is 4. The normalized spacial score (nSPS) is 29.0. The van der Waals surface area contributed by atoms with Gasteiger partial charge in [0.2, 0.25) is 0 Å². The molecule has 120 valence electrons. The van der Waals surface area contributed by atoms with E-state index < -0.39 is 5.92 Å². The Kier molecular flexibility index (Phi) is 4.50. The summed E-state index contributed by atoms with van der Waals surface area (Å²) in [5.74, 6) is -0.872. The van der Waals surface area contributed by atoms with Crippen molar-refractivity contribution in [2.75, 3.05) is 6.61 Å². The van der Waals surface area contributed by atoms with Gasteiger partial charge in [0.15, 0.2) is 0 Å². The maximum atomic E-state index is 12.5. The van der Waals surface area contributed by atoms with Crippen molar-refractivity contribution in [3.05, 3.63) is 35.9 Å². The van der Waals surface area contributed by atoms with Gasteiger partial charge in [0.05, 0.1) is 6.61 Å². The highest BCUT2D eigenvalue weighted by Crippen LogP contribution is 2.41. The Balaban J connectivity index is 1.67. The first kappa shape index (κ1) is 15.5. The van der Waals surface area contributed by atoms with Crippen LogP contribution < -0.4 is 0 Å². The maximum Gasteiger partial charge on any atom is 0.316 e. The zero-order valence-electron chi connectivity index (χ0n) is 13.3. The monoisotopic (exact) mass is 303 g/mol. The molecule has 1 N–H and O–H groups in total. The molecule has 2 heterocycles. The Hall–Kier alpha value is -1.39. The summed E-state index contributed by atoms with van der Waals surface area (Å²) >= 11 is 0. The van der Waals surface area contributed by atoms with Gasteiger partial charge in [0.25, 0.3) is 0 Å². The fourth-order valence-electron chi connectivity index (χ4n) is 4.14. The number of benzene rings is 1. The van der Waals surface area contributed by atoms with E-state index in [-0.39, 0.29) is 18.7 Å². The zero-order chi connectivity index (χ0) is 15.7. The number of fused-ring (bicyclic) bond motifs is 2. The van der Waals surface area contributed by atoms with E-state index >= 15 is 0 Å². The van der Waals surface area contributed by atoms with Gasteiger partial charge in [-0.3, -0.25) is 9.69 Å². The summed E-state index contributed by atoms with van der Waals surface area (Å²) in [6.45, 7) is 4.20. The molecule has 2 aliphatic rings. The molecule has 0 amide bonds. The second-order valence-corrected chi connectivity index (χ2v) is 6.70. The summed E-state index contributed by atoms with van der Waals surface area (Å²) in [6.07, 6.45) is 3.22. The Morgan fingerprint density at radius 1 is 1.32 bits per heavy atom. The number of rotatable bonds is 5. The molecule has 22 heavy (non-hydrogen) atoms. The lowest BCUT2D eigenvalue weighted by Crippen LogP contribution is -2.39. The average molecular weight is 303 g/mol. The van der Waals surface area contributed by atoms with Crippen LogP contribution in [0, 0.1) is 0 Å². The van der Waals surface area contributed by atoms with Crippen LogP contribution in [0.1, 0.15) is 44.6 Å². The molecule has 0 aliphatic carbocycles. The number of esters is 1. The minimum atomic E-state index is -0.576. The largest absolute Gasteiger partial charge is 0.460 e. The molecular weight excluding hydrogens is 278 g/mol. The van der Waals surface area contributed by atoms with E-state index in [4.69, 9.17) is 4.74 Å². The summed E-state index contributed by atoms with van der Waals surface area (Å²) in [7, 11) is 0. The fourth-order valence-corrected chi connectivity index (χ4v) is 4.14. The van der Waals surface area contributed by atoms with Crippen LogP contribution in [0.2, 0.25) is 0 Å². The van der Waals surface area contributed by atoms with Crippen LogP contribution in [0.5, 0.6) is 0 Å². The van der Waals surface area contributed by atoms with Crippen LogP contribution in [-0.4, -0.2) is 46.8 Å². The van der Waals surface area contributed by atoms with Gasteiger partial charge in [0.1, 0.15) is 12.0 Å². The van der Waals surface area contributed by atoms with Crippen LogP contribution in [0.4, 0.5) is 0 Å². The van der Waals surface area contributed by atoms with E-state index in [9.17, 15) is 9.90 Å². The predicted octanol–water partition coefficient (Wildman–Crippen LogP) is 2.32. The number of ether oxygens (including phenoxy) is 1. The molecule has 3 rings (SSSR count). The van der Waals surface area contributed by atoms with Crippen molar-refractivity contribution in [2.45, 2.75) is 63.3 Å². The first-order chi connectivity index (χ1) is 10.6. The molecule has 0 radical (unpaired) electrons. The number of carbonyl (C=O) groups excluding carboxylic acids is 1. The van der Waals surface area contributed by atoms with E-state index in [1.807, 2.05) is 30.3 Å². The lowest BCUT2D eigenvalue weighted by molar-refractivity contribution is -0.153. The Bertz CT molecular complexity index is 516. The number of carbonyl (C=O) groups is 1. The molecule has 2 bridgehead atoms. The number of aliphatic hydroxyl groups excluding tert-OH is 1. The Morgan fingerprint density at radius 2 is 2.05 bits per heavy atom. The van der Waals surface area contributed by atoms with Gasteiger partial charge in [0, 0.05) is 24.5 Å². The second kappa shape index (κ2) is 6.39. The summed E-state index contributed by atoms with van der Waals surface area (Å²) in [5, 5.41) is 9.58. The summed E-state index contributed by atoms with van der Waals surface area (Å²) < 4.78 is 5.79. The van der Waals surface area contributed by atoms with Gasteiger partial charge in [-0.15, -0.1) is 0 Å². The quantitative estimate of drug-likeness (QED) is 0.848. The highest BCUT2D eigenvalue weighted by Gasteiger charge is 2.49. The first-order valence-electron chi connectivity index (χ1n) is 8.25. The number of aliphatic hydroxyl groups is 1. The van der Waals surface area contributed by atoms with Crippen molar-refractivity contribution in [2.24, 2.45) is 0 Å². The van der Waals surface area contributed by atoms with Crippen LogP contribution in [0.15, 0.2) is 30.3 Å². The van der Waals surface area contributed by atoms with E-state index in [0.717, 1.165) is 18.4 Å². The van der Waals surface area contributed by atoms with Gasteiger partial charge >= 0.3 is 5.97 Å². The molecular formula is C18H25NO3. The van der Waals surface area contributed by atoms with Gasteiger partial charge in [-0.25, -0.2) is 0 Å². The minimum absolute atomic E-state index is 0.0218. The van der Waals surface area contributed by atoms with E-state index in [1.54, 1.807) is 0 Å². The van der Waals surface area contributed by atoms with Crippen molar-refractivity contribution in [3.8, 4) is 0 Å². The number of hydrogen-bond donors (Lipinski definition) is 1. The molecule has 4 atom stereocenters. The Morgan fingerprint density at radius 3 is 2.64 bits per heavy atom.